The Kier molecular flexibility index (Phi) is 8.55. The molecule has 2 nitrogen and oxygen atoms in total. The van der Waals surface area contributed by atoms with Crippen LogP contribution in [0.4, 0.5) is 0 Å². The van der Waals surface area contributed by atoms with Gasteiger partial charge in [0.25, 0.3) is 0 Å². The molecule has 0 fully saturated rings. The zero-order valence-corrected chi connectivity index (χ0v) is 35.2. The van der Waals surface area contributed by atoms with E-state index in [1.165, 1.54) is 82.4 Å². The van der Waals surface area contributed by atoms with Gasteiger partial charge in [0.15, 0.2) is 5.82 Å². The topological polar surface area (TPSA) is 25.8 Å². The highest BCUT2D eigenvalue weighted by Gasteiger charge is 2.35. The van der Waals surface area contributed by atoms with Crippen molar-refractivity contribution in [2.45, 2.75) is 19.3 Å². The molecule has 0 saturated heterocycles. The molecule has 0 spiro atoms. The molecule has 0 atom stereocenters. The maximum atomic E-state index is 5.30. The highest BCUT2D eigenvalue weighted by Crippen LogP contribution is 2.50. The Balaban J connectivity index is 1.02. The molecule has 0 saturated carbocycles. The van der Waals surface area contributed by atoms with Gasteiger partial charge in [-0.25, -0.2) is 9.97 Å². The van der Waals surface area contributed by atoms with E-state index in [1.54, 1.807) is 0 Å². The lowest BCUT2D eigenvalue weighted by molar-refractivity contribution is 0.660. The Morgan fingerprint density at radius 3 is 1.62 bits per heavy atom. The predicted molar refractivity (Wildman–Crippen MR) is 265 cm³/mol. The predicted octanol–water partition coefficient (Wildman–Crippen LogP) is 16.2. The molecular weight excluding hydrogens is 761 g/mol. The van der Waals surface area contributed by atoms with Crippen molar-refractivity contribution in [2.24, 2.45) is 0 Å². The van der Waals surface area contributed by atoms with E-state index in [0.717, 1.165) is 33.6 Å². The summed E-state index contributed by atoms with van der Waals surface area (Å²) in [6.45, 7) is 4.66. The van der Waals surface area contributed by atoms with E-state index in [2.05, 4.69) is 226 Å². The van der Waals surface area contributed by atoms with Crippen LogP contribution in [0, 0.1) is 0 Å². The van der Waals surface area contributed by atoms with Crippen molar-refractivity contribution >= 4 is 32.3 Å². The van der Waals surface area contributed by atoms with Crippen LogP contribution in [0.15, 0.2) is 218 Å². The van der Waals surface area contributed by atoms with Gasteiger partial charge in [-0.3, -0.25) is 0 Å². The van der Waals surface area contributed by atoms with Crippen LogP contribution in [0.2, 0.25) is 0 Å². The molecular formula is C61H42N2. The number of benzene rings is 10. The van der Waals surface area contributed by atoms with E-state index in [1.807, 2.05) is 6.07 Å². The minimum Gasteiger partial charge on any atom is -0.228 e. The molecule has 2 heteroatoms. The van der Waals surface area contributed by atoms with Gasteiger partial charge in [-0.1, -0.05) is 220 Å². The third-order valence-corrected chi connectivity index (χ3v) is 13.3. The second kappa shape index (κ2) is 14.6. The van der Waals surface area contributed by atoms with E-state index < -0.39 is 0 Å². The lowest BCUT2D eigenvalue weighted by Gasteiger charge is -2.21. The number of rotatable bonds is 6. The molecule has 12 rings (SSSR count). The van der Waals surface area contributed by atoms with Crippen LogP contribution in [0.5, 0.6) is 0 Å². The van der Waals surface area contributed by atoms with E-state index in [9.17, 15) is 0 Å². The molecule has 296 valence electrons. The summed E-state index contributed by atoms with van der Waals surface area (Å²) in [6, 6.07) is 79.1. The smallest absolute Gasteiger partial charge is 0.160 e. The normalized spacial score (nSPS) is 12.7. The summed E-state index contributed by atoms with van der Waals surface area (Å²) in [5, 5.41) is 7.49. The van der Waals surface area contributed by atoms with Gasteiger partial charge in [-0.05, 0) is 100 Å². The molecule has 1 heterocycles. The first-order valence-electron chi connectivity index (χ1n) is 21.8. The lowest BCUT2D eigenvalue weighted by atomic mass is 9.82. The monoisotopic (exact) mass is 802 g/mol. The summed E-state index contributed by atoms with van der Waals surface area (Å²) in [5.41, 5.74) is 17.4. The van der Waals surface area contributed by atoms with Crippen LogP contribution in [-0.2, 0) is 5.41 Å². The minimum atomic E-state index is -0.0497. The first-order chi connectivity index (χ1) is 31.0. The van der Waals surface area contributed by atoms with Gasteiger partial charge in [0.05, 0.1) is 11.4 Å². The van der Waals surface area contributed by atoms with Crippen LogP contribution >= 0.6 is 0 Å². The molecule has 0 bridgehead atoms. The first-order valence-corrected chi connectivity index (χ1v) is 21.8. The number of hydrogen-bond donors (Lipinski definition) is 0. The molecule has 11 aromatic rings. The van der Waals surface area contributed by atoms with Gasteiger partial charge in [0.1, 0.15) is 0 Å². The summed E-state index contributed by atoms with van der Waals surface area (Å²) >= 11 is 0. The van der Waals surface area contributed by atoms with Gasteiger partial charge in [0.2, 0.25) is 0 Å². The van der Waals surface area contributed by atoms with Crippen molar-refractivity contribution < 1.29 is 0 Å². The third-order valence-electron chi connectivity index (χ3n) is 13.3. The van der Waals surface area contributed by atoms with E-state index in [0.29, 0.717) is 5.82 Å². The molecule has 0 unspecified atom stereocenters. The molecule has 10 aromatic carbocycles. The van der Waals surface area contributed by atoms with E-state index in [-0.39, 0.29) is 5.41 Å². The van der Waals surface area contributed by atoms with Gasteiger partial charge >= 0.3 is 0 Å². The highest BCUT2D eigenvalue weighted by atomic mass is 14.9. The summed E-state index contributed by atoms with van der Waals surface area (Å²) in [5.74, 6) is 0.701. The molecule has 0 aliphatic heterocycles. The Bertz CT molecular complexity index is 3570. The van der Waals surface area contributed by atoms with Crippen LogP contribution in [0.3, 0.4) is 0 Å². The lowest BCUT2D eigenvalue weighted by Crippen LogP contribution is -2.14. The quantitative estimate of drug-likeness (QED) is 0.124. The summed E-state index contributed by atoms with van der Waals surface area (Å²) in [4.78, 5) is 10.6. The van der Waals surface area contributed by atoms with Crippen LogP contribution in [0.25, 0.3) is 111 Å². The second-order valence-electron chi connectivity index (χ2n) is 17.3. The average Bonchev–Trinajstić information content (AvgIpc) is 3.58. The number of hydrogen-bond acceptors (Lipinski definition) is 2. The van der Waals surface area contributed by atoms with Crippen molar-refractivity contribution in [1.82, 2.24) is 9.97 Å². The fraction of sp³-hybridized carbons (Fsp3) is 0.0492. The molecule has 1 aliphatic carbocycles. The standard InChI is InChI=1S/C61H42N2/c1-61(2)53-28-16-15-24-47(53)52-37-44(34-36-54(52)61)45-22-11-12-25-48(45)56-38-55(62-60(63-56)43-20-7-4-8-21-43)40-29-31-42(32-30-40)57-49-26-13-14-27-50(49)58(41-18-5-3-6-19-41)59-46-23-10-9-17-39(46)33-35-51(57)59/h3-38H,1-2H3. The second-order valence-corrected chi connectivity index (χ2v) is 17.3. The van der Waals surface area contributed by atoms with Crippen molar-refractivity contribution in [3.05, 3.63) is 230 Å². The minimum absolute atomic E-state index is 0.0497. The number of nitrogens with zero attached hydrogens (tertiary/aromatic N) is 2. The summed E-state index contributed by atoms with van der Waals surface area (Å²) in [7, 11) is 0. The van der Waals surface area contributed by atoms with Crippen molar-refractivity contribution in [1.29, 1.82) is 0 Å². The van der Waals surface area contributed by atoms with Crippen LogP contribution in [0.1, 0.15) is 25.0 Å². The van der Waals surface area contributed by atoms with E-state index >= 15 is 0 Å². The number of fused-ring (bicyclic) bond motifs is 7. The van der Waals surface area contributed by atoms with Crippen LogP contribution in [-0.4, -0.2) is 9.97 Å². The number of aromatic nitrogens is 2. The SMILES string of the molecule is CC1(C)c2ccccc2-c2cc(-c3ccccc3-c3cc(-c4ccc(-c5c6ccccc6c(-c6ccccc6)c6c5ccc5ccccc56)cc4)nc(-c4ccccc4)n3)ccc21. The Labute approximate surface area is 367 Å². The molecule has 0 N–H and O–H groups in total. The molecule has 63 heavy (non-hydrogen) atoms. The first kappa shape index (κ1) is 36.9. The maximum Gasteiger partial charge on any atom is 0.160 e. The molecule has 1 aromatic heterocycles. The summed E-state index contributed by atoms with van der Waals surface area (Å²) < 4.78 is 0. The van der Waals surface area contributed by atoms with E-state index in [4.69, 9.17) is 9.97 Å². The Morgan fingerprint density at radius 2 is 0.857 bits per heavy atom. The fourth-order valence-corrected chi connectivity index (χ4v) is 10.3. The van der Waals surface area contributed by atoms with Gasteiger partial charge in [-0.2, -0.15) is 0 Å². The molecule has 1 aliphatic rings. The highest BCUT2D eigenvalue weighted by molar-refractivity contribution is 6.27. The Hall–Kier alpha value is -7.94. The van der Waals surface area contributed by atoms with Crippen molar-refractivity contribution in [3.8, 4) is 78.4 Å². The van der Waals surface area contributed by atoms with Gasteiger partial charge < -0.3 is 0 Å². The average molecular weight is 803 g/mol. The maximum absolute atomic E-state index is 5.30. The molecule has 0 radical (unpaired) electrons. The van der Waals surface area contributed by atoms with Crippen LogP contribution < -0.4 is 0 Å². The Morgan fingerprint density at radius 1 is 0.317 bits per heavy atom. The third kappa shape index (κ3) is 6.02. The summed E-state index contributed by atoms with van der Waals surface area (Å²) in [6.07, 6.45) is 0. The zero-order chi connectivity index (χ0) is 42.1. The largest absolute Gasteiger partial charge is 0.228 e. The van der Waals surface area contributed by atoms with Gasteiger partial charge in [0, 0.05) is 22.1 Å². The fourth-order valence-electron chi connectivity index (χ4n) is 10.3. The van der Waals surface area contributed by atoms with Gasteiger partial charge in [-0.15, -0.1) is 0 Å². The molecule has 0 amide bonds. The van der Waals surface area contributed by atoms with Crippen molar-refractivity contribution in [3.63, 3.8) is 0 Å². The van der Waals surface area contributed by atoms with Crippen molar-refractivity contribution in [2.75, 3.05) is 0 Å². The zero-order valence-electron chi connectivity index (χ0n) is 35.2.